The molecule has 6 nitrogen and oxygen atoms in total. The molecule has 2 aromatic heterocycles. The number of hydrogen-bond donors (Lipinski definition) is 2. The fraction of sp³-hybridized carbons (Fsp3) is 0.308. The van der Waals surface area contributed by atoms with E-state index in [-0.39, 0.29) is 5.91 Å². The first-order valence-corrected chi connectivity index (χ1v) is 6.01. The molecule has 0 fully saturated rings. The normalized spacial score (nSPS) is 10.3. The van der Waals surface area contributed by atoms with Crippen molar-refractivity contribution in [3.63, 3.8) is 0 Å². The number of amides is 1. The molecule has 0 spiro atoms. The van der Waals surface area contributed by atoms with E-state index in [9.17, 15) is 4.79 Å². The van der Waals surface area contributed by atoms with Crippen molar-refractivity contribution in [2.24, 2.45) is 7.05 Å². The zero-order valence-corrected chi connectivity index (χ0v) is 11.3. The Morgan fingerprint density at radius 1 is 1.37 bits per heavy atom. The standard InChI is InChI=1S/C13H17N5O/c1-9-10(7-17-18(9)3)6-16-13(19)12-5-4-11(14-2)8-15-12/h4-5,7-8,14H,6H2,1-3H3,(H,16,19). The SMILES string of the molecule is CNc1ccc(C(=O)NCc2cnn(C)c2C)nc1. The monoisotopic (exact) mass is 259 g/mol. The second kappa shape index (κ2) is 5.51. The van der Waals surface area contributed by atoms with Gasteiger partial charge in [-0.1, -0.05) is 0 Å². The van der Waals surface area contributed by atoms with E-state index in [0.29, 0.717) is 12.2 Å². The third-order valence-electron chi connectivity index (χ3n) is 3.06. The highest BCUT2D eigenvalue weighted by molar-refractivity contribution is 5.92. The van der Waals surface area contributed by atoms with Crippen LogP contribution in [0.25, 0.3) is 0 Å². The fourth-order valence-corrected chi connectivity index (χ4v) is 1.66. The Kier molecular flexibility index (Phi) is 3.79. The molecule has 1 amide bonds. The maximum Gasteiger partial charge on any atom is 0.270 e. The highest BCUT2D eigenvalue weighted by Gasteiger charge is 2.09. The molecule has 0 bridgehead atoms. The zero-order chi connectivity index (χ0) is 13.8. The van der Waals surface area contributed by atoms with Crippen LogP contribution in [0.5, 0.6) is 0 Å². The number of nitrogens with zero attached hydrogens (tertiary/aromatic N) is 3. The number of carbonyl (C=O) groups excluding carboxylic acids is 1. The van der Waals surface area contributed by atoms with E-state index in [4.69, 9.17) is 0 Å². The van der Waals surface area contributed by atoms with Crippen molar-refractivity contribution in [3.8, 4) is 0 Å². The Labute approximate surface area is 111 Å². The topological polar surface area (TPSA) is 71.8 Å². The molecule has 19 heavy (non-hydrogen) atoms. The lowest BCUT2D eigenvalue weighted by Crippen LogP contribution is -2.24. The molecule has 0 saturated carbocycles. The zero-order valence-electron chi connectivity index (χ0n) is 11.3. The summed E-state index contributed by atoms with van der Waals surface area (Å²) in [7, 11) is 3.68. The van der Waals surface area contributed by atoms with Gasteiger partial charge in [-0.3, -0.25) is 9.48 Å². The number of carbonyl (C=O) groups is 1. The largest absolute Gasteiger partial charge is 0.387 e. The van der Waals surface area contributed by atoms with Gasteiger partial charge < -0.3 is 10.6 Å². The average molecular weight is 259 g/mol. The Hall–Kier alpha value is -2.37. The molecule has 0 saturated heterocycles. The molecule has 2 heterocycles. The molecular weight excluding hydrogens is 242 g/mol. The van der Waals surface area contributed by atoms with Crippen molar-refractivity contribution < 1.29 is 4.79 Å². The number of aromatic nitrogens is 3. The van der Waals surface area contributed by atoms with Crippen molar-refractivity contribution in [1.29, 1.82) is 0 Å². The van der Waals surface area contributed by atoms with Crippen molar-refractivity contribution in [2.75, 3.05) is 12.4 Å². The van der Waals surface area contributed by atoms with Crippen molar-refractivity contribution in [2.45, 2.75) is 13.5 Å². The predicted molar refractivity (Wildman–Crippen MR) is 72.9 cm³/mol. The van der Waals surface area contributed by atoms with Gasteiger partial charge in [0.05, 0.1) is 18.1 Å². The predicted octanol–water partition coefficient (Wildman–Crippen LogP) is 1.10. The first kappa shape index (κ1) is 13.1. The van der Waals surface area contributed by atoms with E-state index < -0.39 is 0 Å². The minimum atomic E-state index is -0.189. The number of aryl methyl sites for hydroxylation is 1. The summed E-state index contributed by atoms with van der Waals surface area (Å²) in [6.07, 6.45) is 3.39. The van der Waals surface area contributed by atoms with Gasteiger partial charge in [-0.15, -0.1) is 0 Å². The summed E-state index contributed by atoms with van der Waals surface area (Å²) in [5.41, 5.74) is 3.32. The number of nitrogens with one attached hydrogen (secondary N) is 2. The van der Waals surface area contributed by atoms with Gasteiger partial charge in [0.25, 0.3) is 5.91 Å². The molecule has 0 aliphatic carbocycles. The van der Waals surface area contributed by atoms with Crippen LogP contribution >= 0.6 is 0 Å². The Morgan fingerprint density at radius 3 is 2.68 bits per heavy atom. The number of anilines is 1. The van der Waals surface area contributed by atoms with E-state index in [1.54, 1.807) is 23.1 Å². The summed E-state index contributed by atoms with van der Waals surface area (Å²) < 4.78 is 1.78. The third-order valence-corrected chi connectivity index (χ3v) is 3.06. The molecule has 2 aromatic rings. The van der Waals surface area contributed by atoms with Crippen molar-refractivity contribution in [3.05, 3.63) is 41.5 Å². The van der Waals surface area contributed by atoms with E-state index in [2.05, 4.69) is 20.7 Å². The van der Waals surface area contributed by atoms with Gasteiger partial charge in [0.1, 0.15) is 5.69 Å². The smallest absolute Gasteiger partial charge is 0.270 e. The van der Waals surface area contributed by atoms with Crippen LogP contribution in [0.4, 0.5) is 5.69 Å². The molecule has 6 heteroatoms. The Bertz CT molecular complexity index is 573. The van der Waals surface area contributed by atoms with E-state index in [1.807, 2.05) is 27.1 Å². The molecule has 2 rings (SSSR count). The second-order valence-corrected chi connectivity index (χ2v) is 4.24. The molecule has 0 aliphatic rings. The minimum absolute atomic E-state index is 0.189. The van der Waals surface area contributed by atoms with Gasteiger partial charge in [-0.2, -0.15) is 5.10 Å². The third kappa shape index (κ3) is 2.90. The molecular formula is C13H17N5O. The number of hydrogen-bond acceptors (Lipinski definition) is 4. The summed E-state index contributed by atoms with van der Waals surface area (Å²) in [5, 5.41) is 9.92. The van der Waals surface area contributed by atoms with Gasteiger partial charge in [0.15, 0.2) is 0 Å². The van der Waals surface area contributed by atoms with E-state index in [1.165, 1.54) is 0 Å². The van der Waals surface area contributed by atoms with Gasteiger partial charge in [0.2, 0.25) is 0 Å². The summed E-state index contributed by atoms with van der Waals surface area (Å²) in [5.74, 6) is -0.189. The van der Waals surface area contributed by atoms with Crippen LogP contribution in [0.15, 0.2) is 24.5 Å². The average Bonchev–Trinajstić information content (AvgIpc) is 2.76. The van der Waals surface area contributed by atoms with E-state index in [0.717, 1.165) is 16.9 Å². The summed E-state index contributed by atoms with van der Waals surface area (Å²) >= 11 is 0. The summed E-state index contributed by atoms with van der Waals surface area (Å²) in [6, 6.07) is 3.51. The maximum absolute atomic E-state index is 11.9. The highest BCUT2D eigenvalue weighted by atomic mass is 16.1. The first-order valence-electron chi connectivity index (χ1n) is 6.01. The molecule has 0 unspecified atom stereocenters. The minimum Gasteiger partial charge on any atom is -0.387 e. The first-order chi connectivity index (χ1) is 9.11. The highest BCUT2D eigenvalue weighted by Crippen LogP contribution is 2.07. The van der Waals surface area contributed by atoms with Crippen LogP contribution < -0.4 is 10.6 Å². The number of rotatable bonds is 4. The molecule has 0 aromatic carbocycles. The van der Waals surface area contributed by atoms with Crippen molar-refractivity contribution >= 4 is 11.6 Å². The lowest BCUT2D eigenvalue weighted by atomic mass is 10.2. The molecule has 0 radical (unpaired) electrons. The van der Waals surface area contributed by atoms with Gasteiger partial charge in [-0.25, -0.2) is 4.98 Å². The Morgan fingerprint density at radius 2 is 2.16 bits per heavy atom. The summed E-state index contributed by atoms with van der Waals surface area (Å²) in [4.78, 5) is 16.0. The van der Waals surface area contributed by atoms with Crippen LogP contribution in [0.1, 0.15) is 21.7 Å². The van der Waals surface area contributed by atoms with Crippen LogP contribution in [0.2, 0.25) is 0 Å². The van der Waals surface area contributed by atoms with Crippen molar-refractivity contribution in [1.82, 2.24) is 20.1 Å². The molecule has 2 N–H and O–H groups in total. The Balaban J connectivity index is 1.99. The lowest BCUT2D eigenvalue weighted by molar-refractivity contribution is 0.0946. The molecule has 100 valence electrons. The van der Waals surface area contributed by atoms with Gasteiger partial charge in [0, 0.05) is 31.9 Å². The quantitative estimate of drug-likeness (QED) is 0.862. The molecule has 0 atom stereocenters. The fourth-order valence-electron chi connectivity index (χ4n) is 1.66. The summed E-state index contributed by atoms with van der Waals surface area (Å²) in [6.45, 7) is 2.42. The number of pyridine rings is 1. The van der Waals surface area contributed by atoms with Gasteiger partial charge >= 0.3 is 0 Å². The van der Waals surface area contributed by atoms with Crippen LogP contribution in [0.3, 0.4) is 0 Å². The van der Waals surface area contributed by atoms with Crippen LogP contribution in [-0.2, 0) is 13.6 Å². The van der Waals surface area contributed by atoms with Gasteiger partial charge in [-0.05, 0) is 19.1 Å². The molecule has 0 aliphatic heterocycles. The second-order valence-electron chi connectivity index (χ2n) is 4.24. The lowest BCUT2D eigenvalue weighted by Gasteiger charge is -2.05. The van der Waals surface area contributed by atoms with Crippen LogP contribution in [-0.4, -0.2) is 27.7 Å². The van der Waals surface area contributed by atoms with E-state index >= 15 is 0 Å². The maximum atomic E-state index is 11.9. The van der Waals surface area contributed by atoms with Crippen LogP contribution in [0, 0.1) is 6.92 Å².